The maximum absolute atomic E-state index is 5.79. The highest BCUT2D eigenvalue weighted by molar-refractivity contribution is 5.79. The van der Waals surface area contributed by atoms with Gasteiger partial charge in [-0.2, -0.15) is 5.10 Å². The summed E-state index contributed by atoms with van der Waals surface area (Å²) in [4.78, 5) is 4.36. The van der Waals surface area contributed by atoms with Gasteiger partial charge in [-0.3, -0.25) is 4.98 Å². The van der Waals surface area contributed by atoms with Crippen molar-refractivity contribution in [2.24, 2.45) is 5.73 Å². The molecule has 0 saturated heterocycles. The van der Waals surface area contributed by atoms with Gasteiger partial charge in [0.05, 0.1) is 29.3 Å². The molecule has 0 aliphatic heterocycles. The molecule has 0 spiro atoms. The van der Waals surface area contributed by atoms with E-state index >= 15 is 0 Å². The number of nitrogens with two attached hydrogens (primary N) is 1. The Morgan fingerprint density at radius 1 is 1.11 bits per heavy atom. The summed E-state index contributed by atoms with van der Waals surface area (Å²) in [6, 6.07) is 12.0. The van der Waals surface area contributed by atoms with Crippen LogP contribution in [0, 0.1) is 0 Å². The lowest BCUT2D eigenvalue weighted by Gasteiger charge is -2.06. The van der Waals surface area contributed by atoms with Crippen LogP contribution in [0.5, 0.6) is 0 Å². The zero-order chi connectivity index (χ0) is 12.5. The second-order valence-corrected chi connectivity index (χ2v) is 4.35. The normalized spacial score (nSPS) is 12.8. The molecular formula is C14H14N4. The minimum atomic E-state index is -0.0478. The Morgan fingerprint density at radius 2 is 1.94 bits per heavy atom. The molecule has 0 bridgehead atoms. The van der Waals surface area contributed by atoms with E-state index in [-0.39, 0.29) is 6.04 Å². The molecule has 0 unspecified atom stereocenters. The summed E-state index contributed by atoms with van der Waals surface area (Å²) in [7, 11) is 0. The van der Waals surface area contributed by atoms with Crippen LogP contribution in [-0.2, 0) is 0 Å². The summed E-state index contributed by atoms with van der Waals surface area (Å²) in [6.45, 7) is 1.92. The van der Waals surface area contributed by atoms with Gasteiger partial charge < -0.3 is 5.73 Å². The van der Waals surface area contributed by atoms with Crippen molar-refractivity contribution in [3.05, 3.63) is 54.5 Å². The first-order chi connectivity index (χ1) is 8.75. The number of benzene rings is 1. The molecule has 18 heavy (non-hydrogen) atoms. The zero-order valence-electron chi connectivity index (χ0n) is 10.1. The Bertz CT molecular complexity index is 668. The first-order valence-corrected chi connectivity index (χ1v) is 5.90. The van der Waals surface area contributed by atoms with Crippen molar-refractivity contribution in [3.8, 4) is 5.69 Å². The fraction of sp³-hybridized carbons (Fsp3) is 0.143. The van der Waals surface area contributed by atoms with E-state index in [1.807, 2.05) is 54.2 Å². The van der Waals surface area contributed by atoms with Gasteiger partial charge in [0.2, 0.25) is 0 Å². The Hall–Kier alpha value is -2.20. The molecule has 0 fully saturated rings. The second kappa shape index (κ2) is 4.23. The third-order valence-electron chi connectivity index (χ3n) is 2.96. The van der Waals surface area contributed by atoms with Crippen molar-refractivity contribution >= 4 is 10.9 Å². The predicted octanol–water partition coefficient (Wildman–Crippen LogP) is 2.44. The monoisotopic (exact) mass is 238 g/mol. The van der Waals surface area contributed by atoms with Crippen molar-refractivity contribution in [1.29, 1.82) is 0 Å². The molecule has 3 aromatic rings. The van der Waals surface area contributed by atoms with Crippen molar-refractivity contribution < 1.29 is 0 Å². The number of hydrogen-bond donors (Lipinski definition) is 1. The minimum absolute atomic E-state index is 0.0478. The predicted molar refractivity (Wildman–Crippen MR) is 71.5 cm³/mol. The number of pyridine rings is 1. The maximum Gasteiger partial charge on any atom is 0.0836 e. The van der Waals surface area contributed by atoms with Crippen LogP contribution in [0.25, 0.3) is 16.6 Å². The highest BCUT2D eigenvalue weighted by atomic mass is 15.3. The first kappa shape index (κ1) is 10.9. The third-order valence-corrected chi connectivity index (χ3v) is 2.96. The van der Waals surface area contributed by atoms with Crippen LogP contribution in [0.1, 0.15) is 18.7 Å². The van der Waals surface area contributed by atoms with Crippen LogP contribution in [0.4, 0.5) is 0 Å². The van der Waals surface area contributed by atoms with E-state index < -0.39 is 0 Å². The molecule has 2 aromatic heterocycles. The molecule has 2 N–H and O–H groups in total. The summed E-state index contributed by atoms with van der Waals surface area (Å²) in [5.74, 6) is 0. The van der Waals surface area contributed by atoms with Crippen LogP contribution >= 0.6 is 0 Å². The van der Waals surface area contributed by atoms with Gasteiger partial charge >= 0.3 is 0 Å². The molecule has 3 rings (SSSR count). The Kier molecular flexibility index (Phi) is 2.57. The van der Waals surface area contributed by atoms with E-state index in [9.17, 15) is 0 Å². The average molecular weight is 238 g/mol. The lowest BCUT2D eigenvalue weighted by atomic mass is 10.2. The van der Waals surface area contributed by atoms with Crippen LogP contribution in [0.15, 0.2) is 48.8 Å². The SMILES string of the molecule is C[C@@H](N)c1ccc(-n2ncc3ccccc32)cn1. The van der Waals surface area contributed by atoms with E-state index in [1.165, 1.54) is 0 Å². The summed E-state index contributed by atoms with van der Waals surface area (Å²) >= 11 is 0. The molecule has 0 aliphatic carbocycles. The van der Waals surface area contributed by atoms with Gasteiger partial charge in [-0.25, -0.2) is 4.68 Å². The number of para-hydroxylation sites is 1. The summed E-state index contributed by atoms with van der Waals surface area (Å²) in [5.41, 5.74) is 8.69. The number of nitrogens with zero attached hydrogens (tertiary/aromatic N) is 3. The van der Waals surface area contributed by atoms with Gasteiger partial charge in [-0.1, -0.05) is 18.2 Å². The van der Waals surface area contributed by atoms with Crippen LogP contribution < -0.4 is 5.73 Å². The highest BCUT2D eigenvalue weighted by Crippen LogP contribution is 2.18. The molecule has 90 valence electrons. The Morgan fingerprint density at radius 3 is 2.67 bits per heavy atom. The molecule has 0 radical (unpaired) electrons. The lowest BCUT2D eigenvalue weighted by Crippen LogP contribution is -2.07. The van der Waals surface area contributed by atoms with Gasteiger partial charge in [-0.05, 0) is 25.1 Å². The van der Waals surface area contributed by atoms with Gasteiger partial charge in [-0.15, -0.1) is 0 Å². The molecule has 4 heteroatoms. The summed E-state index contributed by atoms with van der Waals surface area (Å²) in [6.07, 6.45) is 3.66. The third kappa shape index (κ3) is 1.76. The van der Waals surface area contributed by atoms with Gasteiger partial charge in [0, 0.05) is 11.4 Å². The Balaban J connectivity index is 2.09. The molecule has 2 heterocycles. The molecule has 4 nitrogen and oxygen atoms in total. The molecule has 0 aliphatic rings. The van der Waals surface area contributed by atoms with E-state index in [2.05, 4.69) is 10.1 Å². The lowest BCUT2D eigenvalue weighted by molar-refractivity contribution is 0.776. The number of hydrogen-bond acceptors (Lipinski definition) is 3. The van der Waals surface area contributed by atoms with Gasteiger partial charge in [0.1, 0.15) is 0 Å². The fourth-order valence-corrected chi connectivity index (χ4v) is 1.97. The van der Waals surface area contributed by atoms with E-state index in [0.717, 1.165) is 22.3 Å². The quantitative estimate of drug-likeness (QED) is 0.746. The van der Waals surface area contributed by atoms with Crippen LogP contribution in [-0.4, -0.2) is 14.8 Å². The fourth-order valence-electron chi connectivity index (χ4n) is 1.97. The molecule has 1 aromatic carbocycles. The largest absolute Gasteiger partial charge is 0.323 e. The Labute approximate surface area is 105 Å². The average Bonchev–Trinajstić information content (AvgIpc) is 2.82. The molecule has 1 atom stereocenters. The number of rotatable bonds is 2. The highest BCUT2D eigenvalue weighted by Gasteiger charge is 2.05. The summed E-state index contributed by atoms with van der Waals surface area (Å²) in [5, 5.41) is 5.50. The van der Waals surface area contributed by atoms with Crippen LogP contribution in [0.3, 0.4) is 0 Å². The minimum Gasteiger partial charge on any atom is -0.323 e. The topological polar surface area (TPSA) is 56.7 Å². The summed E-state index contributed by atoms with van der Waals surface area (Å²) < 4.78 is 1.88. The zero-order valence-corrected chi connectivity index (χ0v) is 10.1. The van der Waals surface area contributed by atoms with Crippen molar-refractivity contribution in [2.75, 3.05) is 0 Å². The molecule has 0 amide bonds. The standard InChI is InChI=1S/C14H14N4/c1-10(15)13-7-6-12(9-16-13)18-14-5-3-2-4-11(14)8-17-18/h2-10H,15H2,1H3/t10-/m1/s1. The van der Waals surface area contributed by atoms with E-state index in [4.69, 9.17) is 5.73 Å². The van der Waals surface area contributed by atoms with Gasteiger partial charge in [0.25, 0.3) is 0 Å². The molecule has 0 saturated carbocycles. The first-order valence-electron chi connectivity index (χ1n) is 5.90. The maximum atomic E-state index is 5.79. The second-order valence-electron chi connectivity index (χ2n) is 4.35. The number of fused-ring (bicyclic) bond motifs is 1. The number of aromatic nitrogens is 3. The van der Waals surface area contributed by atoms with Crippen molar-refractivity contribution in [1.82, 2.24) is 14.8 Å². The van der Waals surface area contributed by atoms with E-state index in [1.54, 1.807) is 6.20 Å². The molecular weight excluding hydrogens is 224 g/mol. The van der Waals surface area contributed by atoms with E-state index in [0.29, 0.717) is 0 Å². The van der Waals surface area contributed by atoms with Gasteiger partial charge in [0.15, 0.2) is 0 Å². The smallest absolute Gasteiger partial charge is 0.0836 e. The van der Waals surface area contributed by atoms with Crippen LogP contribution in [0.2, 0.25) is 0 Å². The van der Waals surface area contributed by atoms with Crippen molar-refractivity contribution in [3.63, 3.8) is 0 Å². The van der Waals surface area contributed by atoms with Crippen molar-refractivity contribution in [2.45, 2.75) is 13.0 Å².